The molecular weight excluding hydrogens is 208 g/mol. The summed E-state index contributed by atoms with van der Waals surface area (Å²) in [7, 11) is 0. The molecule has 2 heteroatoms. The molecule has 0 aliphatic heterocycles. The maximum Gasteiger partial charge on any atom is 0.0312 e. The van der Waals surface area contributed by atoms with Crippen molar-refractivity contribution in [3.63, 3.8) is 0 Å². The fourth-order valence-corrected chi connectivity index (χ4v) is 2.24. The van der Waals surface area contributed by atoms with Crippen molar-refractivity contribution in [2.75, 3.05) is 0 Å². The van der Waals surface area contributed by atoms with Gasteiger partial charge in [0, 0.05) is 30.9 Å². The monoisotopic (exact) mass is 224 g/mol. The summed E-state index contributed by atoms with van der Waals surface area (Å²) in [4.78, 5) is 4.12. The lowest BCUT2D eigenvalue weighted by Gasteiger charge is -2.04. The fraction of sp³-hybridized carbons (Fsp3) is 0.267. The van der Waals surface area contributed by atoms with Gasteiger partial charge in [-0.2, -0.15) is 0 Å². The Labute approximate surface area is 102 Å². The smallest absolute Gasteiger partial charge is 0.0312 e. The molecule has 0 amide bonds. The number of benzene rings is 1. The lowest BCUT2D eigenvalue weighted by Crippen LogP contribution is -2.17. The summed E-state index contributed by atoms with van der Waals surface area (Å²) in [6, 6.07) is 15.5. The van der Waals surface area contributed by atoms with E-state index < -0.39 is 0 Å². The van der Waals surface area contributed by atoms with Gasteiger partial charge in [0.1, 0.15) is 0 Å². The van der Waals surface area contributed by atoms with Gasteiger partial charge in [-0.25, -0.2) is 0 Å². The predicted octanol–water partition coefficient (Wildman–Crippen LogP) is 2.73. The molecule has 0 spiro atoms. The van der Waals surface area contributed by atoms with E-state index in [2.05, 4.69) is 46.7 Å². The quantitative estimate of drug-likeness (QED) is 0.863. The SMILES string of the molecule is c1ccc(C2CC2NCc2cccnc2)cc1. The summed E-state index contributed by atoms with van der Waals surface area (Å²) < 4.78 is 0. The summed E-state index contributed by atoms with van der Waals surface area (Å²) in [6.07, 6.45) is 4.99. The minimum atomic E-state index is 0.637. The first-order chi connectivity index (χ1) is 8.43. The van der Waals surface area contributed by atoms with Gasteiger partial charge in [0.15, 0.2) is 0 Å². The van der Waals surface area contributed by atoms with Crippen LogP contribution < -0.4 is 5.32 Å². The van der Waals surface area contributed by atoms with E-state index in [9.17, 15) is 0 Å². The van der Waals surface area contributed by atoms with Crippen LogP contribution in [0.15, 0.2) is 54.9 Å². The van der Waals surface area contributed by atoms with Crippen molar-refractivity contribution in [2.45, 2.75) is 24.9 Å². The number of nitrogens with zero attached hydrogens (tertiary/aromatic N) is 1. The first-order valence-corrected chi connectivity index (χ1v) is 6.11. The second kappa shape index (κ2) is 4.68. The van der Waals surface area contributed by atoms with Crippen LogP contribution in [0.1, 0.15) is 23.5 Å². The second-order valence-electron chi connectivity index (χ2n) is 4.60. The van der Waals surface area contributed by atoms with Gasteiger partial charge in [0.25, 0.3) is 0 Å². The molecular formula is C15H16N2. The van der Waals surface area contributed by atoms with Gasteiger partial charge in [-0.1, -0.05) is 36.4 Å². The Balaban J connectivity index is 1.53. The molecule has 3 rings (SSSR count). The van der Waals surface area contributed by atoms with Crippen molar-refractivity contribution in [1.82, 2.24) is 10.3 Å². The maximum absolute atomic E-state index is 4.12. The third-order valence-corrected chi connectivity index (χ3v) is 3.31. The fourth-order valence-electron chi connectivity index (χ4n) is 2.24. The van der Waals surface area contributed by atoms with Crippen molar-refractivity contribution in [1.29, 1.82) is 0 Å². The highest BCUT2D eigenvalue weighted by molar-refractivity contribution is 5.27. The van der Waals surface area contributed by atoms with E-state index in [0.717, 1.165) is 6.54 Å². The van der Waals surface area contributed by atoms with E-state index in [4.69, 9.17) is 0 Å². The Morgan fingerprint density at radius 1 is 1.12 bits per heavy atom. The summed E-state index contributed by atoms with van der Waals surface area (Å²) in [5.41, 5.74) is 2.71. The molecule has 1 aromatic heterocycles. The highest BCUT2D eigenvalue weighted by Gasteiger charge is 2.37. The molecule has 0 saturated heterocycles. The van der Waals surface area contributed by atoms with Crippen molar-refractivity contribution in [3.8, 4) is 0 Å². The third kappa shape index (κ3) is 2.53. The van der Waals surface area contributed by atoms with Crippen LogP contribution in [0.25, 0.3) is 0 Å². The molecule has 0 radical (unpaired) electrons. The topological polar surface area (TPSA) is 24.9 Å². The zero-order valence-corrected chi connectivity index (χ0v) is 9.71. The summed E-state index contributed by atoms with van der Waals surface area (Å²) >= 11 is 0. The zero-order valence-electron chi connectivity index (χ0n) is 9.71. The van der Waals surface area contributed by atoms with Crippen molar-refractivity contribution >= 4 is 0 Å². The highest BCUT2D eigenvalue weighted by atomic mass is 15.0. The van der Waals surface area contributed by atoms with Crippen LogP contribution in [0.4, 0.5) is 0 Å². The Kier molecular flexibility index (Phi) is 2.88. The number of rotatable bonds is 4. The average molecular weight is 224 g/mol. The number of aromatic nitrogens is 1. The molecule has 1 aromatic carbocycles. The number of hydrogen-bond acceptors (Lipinski definition) is 2. The highest BCUT2D eigenvalue weighted by Crippen LogP contribution is 2.40. The van der Waals surface area contributed by atoms with E-state index in [1.54, 1.807) is 0 Å². The van der Waals surface area contributed by atoms with E-state index in [0.29, 0.717) is 12.0 Å². The van der Waals surface area contributed by atoms with Crippen molar-refractivity contribution < 1.29 is 0 Å². The average Bonchev–Trinajstić information content (AvgIpc) is 3.18. The van der Waals surface area contributed by atoms with Crippen LogP contribution in [-0.2, 0) is 6.54 Å². The molecule has 0 bridgehead atoms. The minimum absolute atomic E-state index is 0.637. The molecule has 1 aliphatic carbocycles. The first kappa shape index (κ1) is 10.5. The normalized spacial score (nSPS) is 22.4. The molecule has 1 N–H and O–H groups in total. The molecule has 1 saturated carbocycles. The molecule has 86 valence electrons. The molecule has 1 aliphatic rings. The standard InChI is InChI=1S/C15H16N2/c1-2-6-13(7-3-1)14-9-15(14)17-11-12-5-4-8-16-10-12/h1-8,10,14-15,17H,9,11H2. The lowest BCUT2D eigenvalue weighted by molar-refractivity contribution is 0.671. The number of nitrogens with one attached hydrogen (secondary N) is 1. The van der Waals surface area contributed by atoms with E-state index in [1.807, 2.05) is 18.5 Å². The van der Waals surface area contributed by atoms with Gasteiger partial charge >= 0.3 is 0 Å². The van der Waals surface area contributed by atoms with Crippen LogP contribution in [0.5, 0.6) is 0 Å². The number of pyridine rings is 1. The van der Waals surface area contributed by atoms with E-state index >= 15 is 0 Å². The van der Waals surface area contributed by atoms with Gasteiger partial charge in [-0.05, 0) is 23.6 Å². The summed E-state index contributed by atoms with van der Waals surface area (Å²) in [6.45, 7) is 0.918. The molecule has 2 unspecified atom stereocenters. The molecule has 2 aromatic rings. The molecule has 1 fully saturated rings. The zero-order chi connectivity index (χ0) is 11.5. The Morgan fingerprint density at radius 3 is 2.76 bits per heavy atom. The molecule has 2 nitrogen and oxygen atoms in total. The third-order valence-electron chi connectivity index (χ3n) is 3.31. The van der Waals surface area contributed by atoms with Gasteiger partial charge in [0.2, 0.25) is 0 Å². The molecule has 2 atom stereocenters. The van der Waals surface area contributed by atoms with Gasteiger partial charge in [-0.15, -0.1) is 0 Å². The predicted molar refractivity (Wildman–Crippen MR) is 68.7 cm³/mol. The first-order valence-electron chi connectivity index (χ1n) is 6.11. The van der Waals surface area contributed by atoms with Gasteiger partial charge in [-0.3, -0.25) is 4.98 Å². The van der Waals surface area contributed by atoms with Crippen LogP contribution in [0.3, 0.4) is 0 Å². The maximum atomic E-state index is 4.12. The van der Waals surface area contributed by atoms with Gasteiger partial charge in [0.05, 0.1) is 0 Å². The molecule has 17 heavy (non-hydrogen) atoms. The number of hydrogen-bond donors (Lipinski definition) is 1. The largest absolute Gasteiger partial charge is 0.309 e. The Hall–Kier alpha value is -1.67. The van der Waals surface area contributed by atoms with E-state index in [-0.39, 0.29) is 0 Å². The van der Waals surface area contributed by atoms with Crippen molar-refractivity contribution in [2.24, 2.45) is 0 Å². The van der Waals surface area contributed by atoms with Crippen molar-refractivity contribution in [3.05, 3.63) is 66.0 Å². The van der Waals surface area contributed by atoms with Gasteiger partial charge < -0.3 is 5.32 Å². The van der Waals surface area contributed by atoms with Crippen LogP contribution in [0, 0.1) is 0 Å². The Bertz CT molecular complexity index is 467. The summed E-state index contributed by atoms with van der Waals surface area (Å²) in [5.74, 6) is 0.702. The second-order valence-corrected chi connectivity index (χ2v) is 4.60. The van der Waals surface area contributed by atoms with Crippen LogP contribution >= 0.6 is 0 Å². The van der Waals surface area contributed by atoms with Crippen LogP contribution in [-0.4, -0.2) is 11.0 Å². The van der Waals surface area contributed by atoms with E-state index in [1.165, 1.54) is 17.5 Å². The molecule has 1 heterocycles. The minimum Gasteiger partial charge on any atom is -0.309 e. The summed E-state index contributed by atoms with van der Waals surface area (Å²) in [5, 5.41) is 3.58. The lowest BCUT2D eigenvalue weighted by atomic mass is 10.1. The van der Waals surface area contributed by atoms with Crippen LogP contribution in [0.2, 0.25) is 0 Å². The Morgan fingerprint density at radius 2 is 2.00 bits per heavy atom.